The second kappa shape index (κ2) is 9.23. The number of hydrogen-bond donors (Lipinski definition) is 1. The Hall–Kier alpha value is -2.35. The average Bonchev–Trinajstić information content (AvgIpc) is 3.17. The zero-order valence-electron chi connectivity index (χ0n) is 14.7. The molecule has 0 unspecified atom stereocenters. The third-order valence-corrected chi connectivity index (χ3v) is 5.98. The van der Waals surface area contributed by atoms with Gasteiger partial charge in [0.05, 0.1) is 5.69 Å². The van der Waals surface area contributed by atoms with Crippen molar-refractivity contribution in [3.63, 3.8) is 0 Å². The number of pyridine rings is 1. The van der Waals surface area contributed by atoms with Gasteiger partial charge >= 0.3 is 0 Å². The fraction of sp³-hybridized carbons (Fsp3) is 0.0476. The Bertz CT molecular complexity index is 1040. The van der Waals surface area contributed by atoms with Crippen LogP contribution in [0.25, 0.3) is 0 Å². The molecule has 0 saturated heterocycles. The van der Waals surface area contributed by atoms with Crippen LogP contribution in [0.15, 0.2) is 87.7 Å². The van der Waals surface area contributed by atoms with Crippen molar-refractivity contribution in [2.24, 2.45) is 0 Å². The zero-order valence-corrected chi connectivity index (χ0v) is 17.9. The Labute approximate surface area is 180 Å². The van der Waals surface area contributed by atoms with Crippen molar-refractivity contribution in [1.82, 2.24) is 9.97 Å². The van der Waals surface area contributed by atoms with Crippen LogP contribution >= 0.6 is 39.0 Å². The van der Waals surface area contributed by atoms with Crippen molar-refractivity contribution < 1.29 is 4.74 Å². The second-order valence-electron chi connectivity index (χ2n) is 5.79. The van der Waals surface area contributed by atoms with Crippen molar-refractivity contribution in [2.75, 3.05) is 5.32 Å². The molecule has 0 aliphatic carbocycles. The van der Waals surface area contributed by atoms with Crippen LogP contribution in [0.2, 0.25) is 0 Å². The molecule has 0 fully saturated rings. The normalized spacial score (nSPS) is 10.6. The van der Waals surface area contributed by atoms with Gasteiger partial charge in [-0.2, -0.15) is 0 Å². The third-order valence-electron chi connectivity index (χ3n) is 3.70. The molecule has 4 aromatic rings. The fourth-order valence-corrected chi connectivity index (χ4v) is 4.35. The molecule has 0 radical (unpaired) electrons. The molecule has 0 bridgehead atoms. The molecule has 2 aromatic carbocycles. The number of aromatic nitrogens is 2. The van der Waals surface area contributed by atoms with Crippen molar-refractivity contribution in [2.45, 2.75) is 10.6 Å². The van der Waals surface area contributed by atoms with E-state index in [1.165, 1.54) is 4.90 Å². The molecule has 140 valence electrons. The van der Waals surface area contributed by atoms with E-state index in [1.54, 1.807) is 29.3 Å². The van der Waals surface area contributed by atoms with E-state index in [2.05, 4.69) is 48.7 Å². The molecule has 0 amide bonds. The average molecular weight is 470 g/mol. The highest BCUT2D eigenvalue weighted by Crippen LogP contribution is 2.33. The number of hydrogen-bond acceptors (Lipinski definition) is 6. The maximum absolute atomic E-state index is 5.99. The predicted molar refractivity (Wildman–Crippen MR) is 120 cm³/mol. The minimum atomic E-state index is 0.628. The van der Waals surface area contributed by atoms with Gasteiger partial charge in [-0.3, -0.25) is 0 Å². The molecule has 2 aromatic heterocycles. The summed E-state index contributed by atoms with van der Waals surface area (Å²) in [5.74, 6) is 2.84. The fourth-order valence-electron chi connectivity index (χ4n) is 2.41. The zero-order chi connectivity index (χ0) is 19.2. The lowest BCUT2D eigenvalue weighted by Crippen LogP contribution is -1.97. The number of benzene rings is 2. The van der Waals surface area contributed by atoms with E-state index in [4.69, 9.17) is 4.74 Å². The summed E-state index contributed by atoms with van der Waals surface area (Å²) in [6, 6.07) is 21.9. The first-order valence-corrected chi connectivity index (χ1v) is 11.2. The number of nitrogens with zero attached hydrogens (tertiary/aromatic N) is 2. The second-order valence-corrected chi connectivity index (χ2v) is 8.61. The minimum absolute atomic E-state index is 0.628. The van der Waals surface area contributed by atoms with Crippen LogP contribution in [0.5, 0.6) is 11.5 Å². The quantitative estimate of drug-likeness (QED) is 0.291. The van der Waals surface area contributed by atoms with Gasteiger partial charge in [0, 0.05) is 32.8 Å². The largest absolute Gasteiger partial charge is 0.453 e. The Balaban J connectivity index is 1.46. The summed E-state index contributed by atoms with van der Waals surface area (Å²) in [6.45, 7) is 0. The van der Waals surface area contributed by atoms with Crippen molar-refractivity contribution >= 4 is 50.0 Å². The summed E-state index contributed by atoms with van der Waals surface area (Å²) >= 11 is 6.78. The van der Waals surface area contributed by atoms with Crippen LogP contribution in [0.3, 0.4) is 0 Å². The standard InChI is InChI=1S/C21H16BrN3OS2/c22-15-11-19(26-17-7-3-1-4-8-17)20(23-12-15)25-21-24-16(14-28-21)13-27-18-9-5-2-6-10-18/h1-12,14H,13H2,(H,23,24,25). The molecule has 4 nitrogen and oxygen atoms in total. The highest BCUT2D eigenvalue weighted by Gasteiger charge is 2.11. The van der Waals surface area contributed by atoms with Crippen molar-refractivity contribution in [1.29, 1.82) is 0 Å². The van der Waals surface area contributed by atoms with Crippen LogP contribution in [0.4, 0.5) is 10.9 Å². The number of halogens is 1. The van der Waals surface area contributed by atoms with E-state index < -0.39 is 0 Å². The van der Waals surface area contributed by atoms with Crippen LogP contribution in [-0.2, 0) is 5.75 Å². The van der Waals surface area contributed by atoms with Gasteiger partial charge in [-0.15, -0.1) is 23.1 Å². The number of anilines is 2. The SMILES string of the molecule is Brc1cnc(Nc2nc(CSc3ccccc3)cs2)c(Oc2ccccc2)c1. The first-order chi connectivity index (χ1) is 13.8. The Morgan fingerprint density at radius 1 is 1.04 bits per heavy atom. The first kappa shape index (κ1) is 19.0. The summed E-state index contributed by atoms with van der Waals surface area (Å²) in [7, 11) is 0. The molecule has 0 saturated carbocycles. The number of nitrogens with one attached hydrogen (secondary N) is 1. The molecule has 0 aliphatic rings. The molecule has 4 rings (SSSR count). The smallest absolute Gasteiger partial charge is 0.188 e. The summed E-state index contributed by atoms with van der Waals surface area (Å²) in [5.41, 5.74) is 1.03. The van der Waals surface area contributed by atoms with Crippen LogP contribution < -0.4 is 10.1 Å². The van der Waals surface area contributed by atoms with Gasteiger partial charge in [-0.25, -0.2) is 9.97 Å². The minimum Gasteiger partial charge on any atom is -0.453 e. The van der Waals surface area contributed by atoms with E-state index in [9.17, 15) is 0 Å². The molecular formula is C21H16BrN3OS2. The number of thiazole rings is 1. The van der Waals surface area contributed by atoms with Gasteiger partial charge in [0.15, 0.2) is 16.7 Å². The highest BCUT2D eigenvalue weighted by atomic mass is 79.9. The number of thioether (sulfide) groups is 1. The molecule has 7 heteroatoms. The molecule has 0 spiro atoms. The van der Waals surface area contributed by atoms with Gasteiger partial charge in [0.2, 0.25) is 0 Å². The van der Waals surface area contributed by atoms with E-state index in [-0.39, 0.29) is 0 Å². The summed E-state index contributed by atoms with van der Waals surface area (Å²) < 4.78 is 6.84. The molecule has 1 N–H and O–H groups in total. The molecule has 2 heterocycles. The number of rotatable bonds is 7. The Kier molecular flexibility index (Phi) is 6.26. The van der Waals surface area contributed by atoms with E-state index in [1.807, 2.05) is 54.6 Å². The maximum Gasteiger partial charge on any atom is 0.188 e. The molecule has 28 heavy (non-hydrogen) atoms. The van der Waals surface area contributed by atoms with Gasteiger partial charge in [0.1, 0.15) is 5.75 Å². The Morgan fingerprint density at radius 2 is 1.79 bits per heavy atom. The lowest BCUT2D eigenvalue weighted by Gasteiger charge is -2.11. The summed E-state index contributed by atoms with van der Waals surface area (Å²) in [4.78, 5) is 10.4. The van der Waals surface area contributed by atoms with E-state index in [0.29, 0.717) is 11.6 Å². The van der Waals surface area contributed by atoms with Gasteiger partial charge < -0.3 is 10.1 Å². The highest BCUT2D eigenvalue weighted by molar-refractivity contribution is 9.10. The van der Waals surface area contributed by atoms with Gasteiger partial charge in [-0.05, 0) is 40.2 Å². The van der Waals surface area contributed by atoms with Crippen LogP contribution in [0, 0.1) is 0 Å². The number of para-hydroxylation sites is 1. The maximum atomic E-state index is 5.99. The predicted octanol–water partition coefficient (Wildman–Crippen LogP) is 7.13. The lowest BCUT2D eigenvalue weighted by molar-refractivity contribution is 0.482. The Morgan fingerprint density at radius 3 is 2.57 bits per heavy atom. The first-order valence-electron chi connectivity index (χ1n) is 8.54. The van der Waals surface area contributed by atoms with Crippen LogP contribution in [0.1, 0.15) is 5.69 Å². The topological polar surface area (TPSA) is 47.0 Å². The van der Waals surface area contributed by atoms with E-state index in [0.717, 1.165) is 26.8 Å². The lowest BCUT2D eigenvalue weighted by atomic mass is 10.3. The molecule has 0 atom stereocenters. The number of ether oxygens (including phenoxy) is 1. The third kappa shape index (κ3) is 5.13. The molecular weight excluding hydrogens is 454 g/mol. The molecule has 0 aliphatic heterocycles. The monoisotopic (exact) mass is 469 g/mol. The summed E-state index contributed by atoms with van der Waals surface area (Å²) in [5, 5.41) is 6.13. The van der Waals surface area contributed by atoms with Gasteiger partial charge in [-0.1, -0.05) is 36.4 Å². The van der Waals surface area contributed by atoms with Crippen molar-refractivity contribution in [3.8, 4) is 11.5 Å². The van der Waals surface area contributed by atoms with E-state index >= 15 is 0 Å². The summed E-state index contributed by atoms with van der Waals surface area (Å²) in [6.07, 6.45) is 1.74. The van der Waals surface area contributed by atoms with Crippen molar-refractivity contribution in [3.05, 3.63) is 88.5 Å². The van der Waals surface area contributed by atoms with Crippen LogP contribution in [-0.4, -0.2) is 9.97 Å². The van der Waals surface area contributed by atoms with Gasteiger partial charge in [0.25, 0.3) is 0 Å².